The van der Waals surface area contributed by atoms with Crippen LogP contribution in [0.1, 0.15) is 5.56 Å². The SMILES string of the molecule is O=C(Cn1c(=O)cnc2ccccc21)N[C@@H]1COc2ccccc2C1. The smallest absolute Gasteiger partial charge is 0.269 e. The molecule has 25 heavy (non-hydrogen) atoms. The summed E-state index contributed by atoms with van der Waals surface area (Å²) >= 11 is 0. The van der Waals surface area contributed by atoms with E-state index in [1.54, 1.807) is 6.07 Å². The molecule has 1 aliphatic rings. The van der Waals surface area contributed by atoms with Gasteiger partial charge in [0.15, 0.2) is 0 Å². The number of hydrogen-bond acceptors (Lipinski definition) is 4. The molecule has 1 N–H and O–H groups in total. The van der Waals surface area contributed by atoms with Crippen LogP contribution >= 0.6 is 0 Å². The molecule has 1 aliphatic heterocycles. The highest BCUT2D eigenvalue weighted by molar-refractivity contribution is 5.80. The van der Waals surface area contributed by atoms with Gasteiger partial charge in [-0.25, -0.2) is 4.98 Å². The first kappa shape index (κ1) is 15.4. The second-order valence-electron chi connectivity index (χ2n) is 6.06. The van der Waals surface area contributed by atoms with Crippen LogP contribution in [0.3, 0.4) is 0 Å². The predicted molar refractivity (Wildman–Crippen MR) is 93.6 cm³/mol. The molecule has 6 nitrogen and oxygen atoms in total. The first-order chi connectivity index (χ1) is 12.2. The highest BCUT2D eigenvalue weighted by atomic mass is 16.5. The van der Waals surface area contributed by atoms with Gasteiger partial charge in [-0.05, 0) is 30.2 Å². The fraction of sp³-hybridized carbons (Fsp3) is 0.211. The average Bonchev–Trinajstić information content (AvgIpc) is 2.64. The quantitative estimate of drug-likeness (QED) is 0.787. The van der Waals surface area contributed by atoms with Gasteiger partial charge in [0, 0.05) is 0 Å². The van der Waals surface area contributed by atoms with E-state index in [1.165, 1.54) is 10.8 Å². The van der Waals surface area contributed by atoms with Crippen molar-refractivity contribution in [1.29, 1.82) is 0 Å². The van der Waals surface area contributed by atoms with Crippen LogP contribution in [0, 0.1) is 0 Å². The van der Waals surface area contributed by atoms with E-state index < -0.39 is 0 Å². The zero-order valence-electron chi connectivity index (χ0n) is 13.5. The second-order valence-corrected chi connectivity index (χ2v) is 6.06. The molecule has 0 saturated heterocycles. The Hall–Kier alpha value is -3.15. The summed E-state index contributed by atoms with van der Waals surface area (Å²) in [6, 6.07) is 15.0. The summed E-state index contributed by atoms with van der Waals surface area (Å²) in [6.07, 6.45) is 1.96. The maximum Gasteiger partial charge on any atom is 0.269 e. The normalized spacial score (nSPS) is 16.1. The van der Waals surface area contributed by atoms with Crippen LogP contribution in [-0.4, -0.2) is 28.1 Å². The molecule has 4 rings (SSSR count). The van der Waals surface area contributed by atoms with Crippen molar-refractivity contribution >= 4 is 16.9 Å². The van der Waals surface area contributed by atoms with Gasteiger partial charge < -0.3 is 10.1 Å². The Kier molecular flexibility index (Phi) is 3.93. The maximum absolute atomic E-state index is 12.4. The summed E-state index contributed by atoms with van der Waals surface area (Å²) in [6.45, 7) is 0.384. The van der Waals surface area contributed by atoms with Crippen molar-refractivity contribution in [1.82, 2.24) is 14.9 Å². The number of nitrogens with one attached hydrogen (secondary N) is 1. The van der Waals surface area contributed by atoms with Crippen molar-refractivity contribution in [2.45, 2.75) is 19.0 Å². The third-order valence-electron chi connectivity index (χ3n) is 4.30. The van der Waals surface area contributed by atoms with Crippen molar-refractivity contribution in [3.05, 3.63) is 70.6 Å². The molecular formula is C19H17N3O3. The lowest BCUT2D eigenvalue weighted by Gasteiger charge is -2.26. The molecular weight excluding hydrogens is 318 g/mol. The predicted octanol–water partition coefficient (Wildman–Crippen LogP) is 1.52. The minimum absolute atomic E-state index is 0.0417. The number of carbonyl (C=O) groups is 1. The van der Waals surface area contributed by atoms with Gasteiger partial charge in [0.25, 0.3) is 5.56 Å². The molecule has 0 radical (unpaired) electrons. The molecule has 126 valence electrons. The summed E-state index contributed by atoms with van der Waals surface area (Å²) < 4.78 is 7.13. The van der Waals surface area contributed by atoms with Crippen LogP contribution < -0.4 is 15.6 Å². The lowest BCUT2D eigenvalue weighted by Crippen LogP contribution is -2.44. The molecule has 3 aromatic rings. The van der Waals surface area contributed by atoms with E-state index in [0.29, 0.717) is 24.1 Å². The van der Waals surface area contributed by atoms with Crippen molar-refractivity contribution in [3.8, 4) is 5.75 Å². The molecule has 0 saturated carbocycles. The van der Waals surface area contributed by atoms with Crippen molar-refractivity contribution < 1.29 is 9.53 Å². The van der Waals surface area contributed by atoms with Crippen LogP contribution in [0.25, 0.3) is 11.0 Å². The van der Waals surface area contributed by atoms with E-state index in [-0.39, 0.29) is 24.1 Å². The number of ether oxygens (including phenoxy) is 1. The Labute approximate surface area is 144 Å². The molecule has 2 heterocycles. The Morgan fingerprint density at radius 1 is 1.20 bits per heavy atom. The number of amides is 1. The van der Waals surface area contributed by atoms with E-state index in [9.17, 15) is 9.59 Å². The molecule has 0 spiro atoms. The van der Waals surface area contributed by atoms with E-state index in [4.69, 9.17) is 4.74 Å². The Morgan fingerprint density at radius 3 is 2.92 bits per heavy atom. The number of carbonyl (C=O) groups excluding carboxylic acids is 1. The minimum atomic E-state index is -0.293. The molecule has 0 bridgehead atoms. The number of nitrogens with zero attached hydrogens (tertiary/aromatic N) is 2. The molecule has 0 aliphatic carbocycles. The first-order valence-electron chi connectivity index (χ1n) is 8.15. The Morgan fingerprint density at radius 2 is 2.00 bits per heavy atom. The Bertz CT molecular complexity index is 996. The number of benzene rings is 2. The van der Waals surface area contributed by atoms with E-state index in [0.717, 1.165) is 11.3 Å². The third kappa shape index (κ3) is 3.10. The lowest BCUT2D eigenvalue weighted by atomic mass is 10.0. The van der Waals surface area contributed by atoms with Gasteiger partial charge in [0.05, 0.1) is 23.3 Å². The maximum atomic E-state index is 12.4. The second kappa shape index (κ2) is 6.39. The van der Waals surface area contributed by atoms with Gasteiger partial charge in [0.2, 0.25) is 5.91 Å². The highest BCUT2D eigenvalue weighted by Crippen LogP contribution is 2.23. The van der Waals surface area contributed by atoms with Gasteiger partial charge in [-0.3, -0.25) is 14.2 Å². The van der Waals surface area contributed by atoms with Crippen molar-refractivity contribution in [3.63, 3.8) is 0 Å². The van der Waals surface area contributed by atoms with Gasteiger partial charge in [-0.15, -0.1) is 0 Å². The van der Waals surface area contributed by atoms with Crippen LogP contribution in [0.5, 0.6) is 5.75 Å². The van der Waals surface area contributed by atoms with Crippen molar-refractivity contribution in [2.24, 2.45) is 0 Å². The number of rotatable bonds is 3. The largest absolute Gasteiger partial charge is 0.491 e. The summed E-state index contributed by atoms with van der Waals surface area (Å²) in [5, 5.41) is 2.96. The minimum Gasteiger partial charge on any atom is -0.491 e. The van der Waals surface area contributed by atoms with Gasteiger partial charge in [-0.2, -0.15) is 0 Å². The summed E-state index contributed by atoms with van der Waals surface area (Å²) in [5.41, 5.74) is 2.12. The summed E-state index contributed by atoms with van der Waals surface area (Å²) in [5.74, 6) is 0.649. The standard InChI is InChI=1S/C19H17N3O3/c23-18(21-14-9-13-5-1-4-8-17(13)25-12-14)11-22-16-7-3-2-6-15(16)20-10-19(22)24/h1-8,10,14H,9,11-12H2,(H,21,23)/t14-/m0/s1. The van der Waals surface area contributed by atoms with Crippen LogP contribution in [0.2, 0.25) is 0 Å². The zero-order chi connectivity index (χ0) is 17.2. The molecule has 1 atom stereocenters. The molecule has 0 fully saturated rings. The van der Waals surface area contributed by atoms with Crippen LogP contribution in [-0.2, 0) is 17.8 Å². The Balaban J connectivity index is 1.50. The summed E-state index contributed by atoms with van der Waals surface area (Å²) in [4.78, 5) is 28.7. The topological polar surface area (TPSA) is 73.2 Å². The fourth-order valence-electron chi connectivity index (χ4n) is 3.12. The number of para-hydroxylation sites is 3. The van der Waals surface area contributed by atoms with Crippen LogP contribution in [0.15, 0.2) is 59.5 Å². The third-order valence-corrected chi connectivity index (χ3v) is 4.30. The van der Waals surface area contributed by atoms with Gasteiger partial charge >= 0.3 is 0 Å². The molecule has 1 aromatic heterocycles. The van der Waals surface area contributed by atoms with Gasteiger partial charge in [0.1, 0.15) is 18.9 Å². The lowest BCUT2D eigenvalue weighted by molar-refractivity contribution is -0.122. The van der Waals surface area contributed by atoms with E-state index in [1.807, 2.05) is 42.5 Å². The molecule has 6 heteroatoms. The molecule has 2 aromatic carbocycles. The fourth-order valence-corrected chi connectivity index (χ4v) is 3.12. The van der Waals surface area contributed by atoms with E-state index >= 15 is 0 Å². The number of fused-ring (bicyclic) bond motifs is 2. The number of hydrogen-bond donors (Lipinski definition) is 1. The average molecular weight is 335 g/mol. The zero-order valence-corrected chi connectivity index (χ0v) is 13.5. The van der Waals surface area contributed by atoms with Crippen molar-refractivity contribution in [2.75, 3.05) is 6.61 Å². The van der Waals surface area contributed by atoms with E-state index in [2.05, 4.69) is 10.3 Å². The molecule has 0 unspecified atom stereocenters. The summed E-state index contributed by atoms with van der Waals surface area (Å²) in [7, 11) is 0. The van der Waals surface area contributed by atoms with Crippen LogP contribution in [0.4, 0.5) is 0 Å². The number of aromatic nitrogens is 2. The highest BCUT2D eigenvalue weighted by Gasteiger charge is 2.21. The monoisotopic (exact) mass is 335 g/mol. The first-order valence-corrected chi connectivity index (χ1v) is 8.15. The van der Waals surface area contributed by atoms with Gasteiger partial charge in [-0.1, -0.05) is 30.3 Å². The molecule has 1 amide bonds.